The average molecular weight is 320 g/mol. The standard InChI is InChI=1S/C19H16N2O3/c1-2-4-14-12(3-1)19(18-20-5-6-21(14)18)11-24-15-10-17-16(9-13(15)19)22-7-8-23-17/h1-4,9-10H,5-8,11H2. The summed E-state index contributed by atoms with van der Waals surface area (Å²) in [6.45, 7) is 3.53. The maximum atomic E-state index is 6.12. The number of para-hydroxylation sites is 1. The molecule has 5 nitrogen and oxygen atoms in total. The van der Waals surface area contributed by atoms with E-state index in [9.17, 15) is 0 Å². The first-order valence-corrected chi connectivity index (χ1v) is 8.37. The van der Waals surface area contributed by atoms with E-state index in [1.54, 1.807) is 0 Å². The van der Waals surface area contributed by atoms with Crippen LogP contribution in [0.1, 0.15) is 11.1 Å². The van der Waals surface area contributed by atoms with Crippen LogP contribution in [-0.2, 0) is 5.41 Å². The molecule has 0 aromatic heterocycles. The summed E-state index contributed by atoms with van der Waals surface area (Å²) < 4.78 is 17.7. The van der Waals surface area contributed by atoms with Crippen molar-refractivity contribution >= 4 is 11.5 Å². The van der Waals surface area contributed by atoms with Gasteiger partial charge in [-0.1, -0.05) is 18.2 Å². The summed E-state index contributed by atoms with van der Waals surface area (Å²) in [5.41, 5.74) is 3.35. The van der Waals surface area contributed by atoms with Crippen molar-refractivity contribution in [3.63, 3.8) is 0 Å². The monoisotopic (exact) mass is 320 g/mol. The van der Waals surface area contributed by atoms with E-state index in [0.29, 0.717) is 19.8 Å². The molecule has 1 spiro atoms. The molecule has 0 radical (unpaired) electrons. The van der Waals surface area contributed by atoms with E-state index in [1.807, 2.05) is 6.07 Å². The summed E-state index contributed by atoms with van der Waals surface area (Å²) in [5.74, 6) is 3.57. The van der Waals surface area contributed by atoms with E-state index in [2.05, 4.69) is 35.2 Å². The van der Waals surface area contributed by atoms with Crippen LogP contribution >= 0.6 is 0 Å². The van der Waals surface area contributed by atoms with E-state index in [1.165, 1.54) is 11.3 Å². The fraction of sp³-hybridized carbons (Fsp3) is 0.316. The first-order valence-electron chi connectivity index (χ1n) is 8.37. The van der Waals surface area contributed by atoms with Crippen molar-refractivity contribution in [1.82, 2.24) is 0 Å². The maximum absolute atomic E-state index is 6.12. The number of hydrogen-bond donors (Lipinski definition) is 0. The van der Waals surface area contributed by atoms with Gasteiger partial charge in [0, 0.05) is 23.9 Å². The van der Waals surface area contributed by atoms with E-state index < -0.39 is 0 Å². The fourth-order valence-corrected chi connectivity index (χ4v) is 4.43. The number of rotatable bonds is 0. The molecule has 6 rings (SSSR count). The fourth-order valence-electron chi connectivity index (χ4n) is 4.43. The number of hydrogen-bond acceptors (Lipinski definition) is 5. The Morgan fingerprint density at radius 1 is 0.917 bits per heavy atom. The molecule has 2 aromatic rings. The molecule has 0 fully saturated rings. The van der Waals surface area contributed by atoms with Gasteiger partial charge in [-0.3, -0.25) is 4.99 Å². The van der Waals surface area contributed by atoms with Gasteiger partial charge in [0.2, 0.25) is 0 Å². The zero-order valence-corrected chi connectivity index (χ0v) is 13.1. The van der Waals surface area contributed by atoms with Gasteiger partial charge < -0.3 is 19.1 Å². The number of benzene rings is 2. The zero-order valence-electron chi connectivity index (χ0n) is 13.1. The zero-order chi connectivity index (χ0) is 15.7. The Labute approximate surface area is 139 Å². The Morgan fingerprint density at radius 3 is 2.67 bits per heavy atom. The molecule has 24 heavy (non-hydrogen) atoms. The molecule has 4 aliphatic heterocycles. The van der Waals surface area contributed by atoms with E-state index in [4.69, 9.17) is 19.2 Å². The van der Waals surface area contributed by atoms with E-state index in [0.717, 1.165) is 41.7 Å². The number of aliphatic imine (C=N–C) groups is 1. The molecule has 0 N–H and O–H groups in total. The first kappa shape index (κ1) is 12.7. The molecular weight excluding hydrogens is 304 g/mol. The number of nitrogens with zero attached hydrogens (tertiary/aromatic N) is 2. The Balaban J connectivity index is 1.64. The third kappa shape index (κ3) is 1.35. The summed E-state index contributed by atoms with van der Waals surface area (Å²) in [6.07, 6.45) is 0. The topological polar surface area (TPSA) is 43.3 Å². The third-order valence-electron chi connectivity index (χ3n) is 5.43. The highest BCUT2D eigenvalue weighted by atomic mass is 16.6. The summed E-state index contributed by atoms with van der Waals surface area (Å²) in [7, 11) is 0. The predicted molar refractivity (Wildman–Crippen MR) is 89.8 cm³/mol. The van der Waals surface area contributed by atoms with Gasteiger partial charge in [-0.15, -0.1) is 0 Å². The number of ether oxygens (including phenoxy) is 3. The van der Waals surface area contributed by atoms with Crippen LogP contribution in [0.4, 0.5) is 5.69 Å². The second-order valence-corrected chi connectivity index (χ2v) is 6.56. The molecule has 0 saturated carbocycles. The molecule has 0 saturated heterocycles. The van der Waals surface area contributed by atoms with Gasteiger partial charge >= 0.3 is 0 Å². The third-order valence-corrected chi connectivity index (χ3v) is 5.43. The molecule has 0 aliphatic carbocycles. The predicted octanol–water partition coefficient (Wildman–Crippen LogP) is 2.37. The molecule has 120 valence electrons. The smallest absolute Gasteiger partial charge is 0.165 e. The Morgan fingerprint density at radius 2 is 1.75 bits per heavy atom. The summed E-state index contributed by atoms with van der Waals surface area (Å²) >= 11 is 0. The lowest BCUT2D eigenvalue weighted by Gasteiger charge is -2.25. The molecule has 4 heterocycles. The lowest BCUT2D eigenvalue weighted by molar-refractivity contribution is 0.171. The van der Waals surface area contributed by atoms with Crippen molar-refractivity contribution in [1.29, 1.82) is 0 Å². The molecule has 1 atom stereocenters. The highest BCUT2D eigenvalue weighted by Crippen LogP contribution is 2.55. The lowest BCUT2D eigenvalue weighted by Crippen LogP contribution is -2.40. The number of fused-ring (bicyclic) bond motifs is 8. The lowest BCUT2D eigenvalue weighted by atomic mass is 9.76. The van der Waals surface area contributed by atoms with Crippen LogP contribution in [0, 0.1) is 0 Å². The van der Waals surface area contributed by atoms with Crippen LogP contribution < -0.4 is 19.1 Å². The molecule has 2 aromatic carbocycles. The summed E-state index contributed by atoms with van der Waals surface area (Å²) in [5, 5.41) is 0. The molecule has 5 heteroatoms. The molecule has 0 bridgehead atoms. The minimum Gasteiger partial charge on any atom is -0.491 e. The molecule has 4 aliphatic rings. The van der Waals surface area contributed by atoms with Crippen molar-refractivity contribution < 1.29 is 14.2 Å². The minimum atomic E-state index is -0.321. The highest BCUT2D eigenvalue weighted by Gasteiger charge is 2.56. The second kappa shape index (κ2) is 4.23. The van der Waals surface area contributed by atoms with Gasteiger partial charge in [-0.25, -0.2) is 0 Å². The summed E-state index contributed by atoms with van der Waals surface area (Å²) in [6, 6.07) is 12.6. The summed E-state index contributed by atoms with van der Waals surface area (Å²) in [4.78, 5) is 7.19. The SMILES string of the molecule is c1ccc2c(c1)N1CCN=C1C21COc2cc3c(cc21)OCCO3. The van der Waals surface area contributed by atoms with Crippen molar-refractivity contribution in [2.24, 2.45) is 4.99 Å². The van der Waals surface area contributed by atoms with Crippen molar-refractivity contribution in [3.8, 4) is 17.2 Å². The average Bonchev–Trinajstić information content (AvgIpc) is 3.30. The minimum absolute atomic E-state index is 0.321. The highest BCUT2D eigenvalue weighted by molar-refractivity contribution is 6.15. The quantitative estimate of drug-likeness (QED) is 0.747. The van der Waals surface area contributed by atoms with Crippen molar-refractivity contribution in [3.05, 3.63) is 47.5 Å². The number of anilines is 1. The van der Waals surface area contributed by atoms with Crippen LogP contribution in [0.3, 0.4) is 0 Å². The Bertz CT molecular complexity index is 907. The normalized spacial score (nSPS) is 25.2. The largest absolute Gasteiger partial charge is 0.491 e. The Hall–Kier alpha value is -2.69. The van der Waals surface area contributed by atoms with Crippen LogP contribution in [0.5, 0.6) is 17.2 Å². The van der Waals surface area contributed by atoms with Crippen LogP contribution in [-0.4, -0.2) is 38.7 Å². The van der Waals surface area contributed by atoms with Gasteiger partial charge in [0.1, 0.15) is 36.8 Å². The number of amidine groups is 1. The second-order valence-electron chi connectivity index (χ2n) is 6.56. The molecule has 0 amide bonds. The van der Waals surface area contributed by atoms with Crippen molar-refractivity contribution in [2.45, 2.75) is 5.41 Å². The molecule has 1 unspecified atom stereocenters. The first-order chi connectivity index (χ1) is 11.9. The van der Waals surface area contributed by atoms with Gasteiger partial charge in [0.25, 0.3) is 0 Å². The molecular formula is C19H16N2O3. The van der Waals surface area contributed by atoms with E-state index in [-0.39, 0.29) is 5.41 Å². The van der Waals surface area contributed by atoms with Gasteiger partial charge in [-0.2, -0.15) is 0 Å². The van der Waals surface area contributed by atoms with Crippen LogP contribution in [0.25, 0.3) is 0 Å². The van der Waals surface area contributed by atoms with Crippen LogP contribution in [0.2, 0.25) is 0 Å². The van der Waals surface area contributed by atoms with E-state index >= 15 is 0 Å². The Kier molecular flexibility index (Phi) is 2.24. The van der Waals surface area contributed by atoms with Crippen molar-refractivity contribution in [2.75, 3.05) is 37.8 Å². The van der Waals surface area contributed by atoms with Gasteiger partial charge in [0.15, 0.2) is 11.5 Å². The van der Waals surface area contributed by atoms with Crippen LogP contribution in [0.15, 0.2) is 41.4 Å². The maximum Gasteiger partial charge on any atom is 0.165 e. The van der Waals surface area contributed by atoms with Gasteiger partial charge in [0.05, 0.1) is 6.54 Å². The van der Waals surface area contributed by atoms with Gasteiger partial charge in [-0.05, 0) is 17.7 Å².